The SMILES string of the molecule is CCOC(=O)c1ccc(C)c(NC(=S)NC2(c3ccccn3)CCCC2)c1. The number of aromatic nitrogens is 1. The Bertz CT molecular complexity index is 817. The molecule has 0 aliphatic heterocycles. The highest BCUT2D eigenvalue weighted by molar-refractivity contribution is 7.80. The Kier molecular flexibility index (Phi) is 6.06. The lowest BCUT2D eigenvalue weighted by Crippen LogP contribution is -2.46. The van der Waals surface area contributed by atoms with Gasteiger partial charge in [-0.15, -0.1) is 0 Å². The van der Waals surface area contributed by atoms with Crippen LogP contribution in [-0.4, -0.2) is 22.7 Å². The predicted molar refractivity (Wildman–Crippen MR) is 111 cm³/mol. The molecule has 2 N–H and O–H groups in total. The van der Waals surface area contributed by atoms with E-state index in [0.29, 0.717) is 17.3 Å². The lowest BCUT2D eigenvalue weighted by atomic mass is 9.93. The molecular formula is C21H25N3O2S. The van der Waals surface area contributed by atoms with E-state index >= 15 is 0 Å². The number of benzene rings is 1. The first kappa shape index (κ1) is 19.3. The first-order valence-electron chi connectivity index (χ1n) is 9.32. The molecule has 6 heteroatoms. The third-order valence-corrected chi connectivity index (χ3v) is 5.17. The summed E-state index contributed by atoms with van der Waals surface area (Å²) in [6.45, 7) is 4.12. The minimum atomic E-state index is -0.333. The number of anilines is 1. The number of esters is 1. The minimum absolute atomic E-state index is 0.238. The predicted octanol–water partition coefficient (Wildman–Crippen LogP) is 4.32. The molecule has 1 aromatic carbocycles. The van der Waals surface area contributed by atoms with Crippen LogP contribution in [0.5, 0.6) is 0 Å². The first-order valence-corrected chi connectivity index (χ1v) is 9.73. The van der Waals surface area contributed by atoms with E-state index in [1.54, 1.807) is 19.1 Å². The highest BCUT2D eigenvalue weighted by Gasteiger charge is 2.37. The van der Waals surface area contributed by atoms with Gasteiger partial charge in [-0.05, 0) is 68.7 Å². The highest BCUT2D eigenvalue weighted by Crippen LogP contribution is 2.37. The Morgan fingerprint density at radius 1 is 1.26 bits per heavy atom. The van der Waals surface area contributed by atoms with Crippen LogP contribution in [0.15, 0.2) is 42.6 Å². The molecular weight excluding hydrogens is 358 g/mol. The molecule has 3 rings (SSSR count). The standard InChI is InChI=1S/C21H25N3O2S/c1-3-26-19(25)16-10-9-15(2)17(14-16)23-20(27)24-21(11-5-6-12-21)18-8-4-7-13-22-18/h4,7-10,13-14H,3,5-6,11-12H2,1-2H3,(H2,23,24,27). The molecule has 5 nitrogen and oxygen atoms in total. The summed E-state index contributed by atoms with van der Waals surface area (Å²) in [7, 11) is 0. The fourth-order valence-electron chi connectivity index (χ4n) is 3.54. The fraction of sp³-hybridized carbons (Fsp3) is 0.381. The van der Waals surface area contributed by atoms with Gasteiger partial charge in [-0.25, -0.2) is 4.79 Å². The monoisotopic (exact) mass is 383 g/mol. The zero-order valence-electron chi connectivity index (χ0n) is 15.7. The summed E-state index contributed by atoms with van der Waals surface area (Å²) in [6, 6.07) is 11.4. The van der Waals surface area contributed by atoms with Crippen molar-refractivity contribution in [3.63, 3.8) is 0 Å². The molecule has 2 aromatic rings. The van der Waals surface area contributed by atoms with Crippen LogP contribution in [-0.2, 0) is 10.3 Å². The van der Waals surface area contributed by atoms with Crippen LogP contribution in [0.1, 0.15) is 54.2 Å². The van der Waals surface area contributed by atoms with Gasteiger partial charge in [-0.2, -0.15) is 0 Å². The van der Waals surface area contributed by atoms with E-state index in [1.807, 2.05) is 37.4 Å². The van der Waals surface area contributed by atoms with Gasteiger partial charge in [-0.3, -0.25) is 4.98 Å². The zero-order valence-corrected chi connectivity index (χ0v) is 16.6. The van der Waals surface area contributed by atoms with E-state index in [2.05, 4.69) is 15.6 Å². The van der Waals surface area contributed by atoms with E-state index in [-0.39, 0.29) is 11.5 Å². The van der Waals surface area contributed by atoms with Crippen LogP contribution < -0.4 is 10.6 Å². The maximum Gasteiger partial charge on any atom is 0.338 e. The Hall–Kier alpha value is -2.47. The number of rotatable bonds is 5. The van der Waals surface area contributed by atoms with Crippen LogP contribution in [0.25, 0.3) is 0 Å². The van der Waals surface area contributed by atoms with Gasteiger partial charge in [0.25, 0.3) is 0 Å². The zero-order chi connectivity index (χ0) is 19.3. The van der Waals surface area contributed by atoms with Gasteiger partial charge in [-0.1, -0.05) is 25.0 Å². The molecule has 1 heterocycles. The molecule has 0 amide bonds. The van der Waals surface area contributed by atoms with E-state index in [0.717, 1.165) is 42.6 Å². The van der Waals surface area contributed by atoms with Crippen LogP contribution in [0.2, 0.25) is 0 Å². The highest BCUT2D eigenvalue weighted by atomic mass is 32.1. The number of carbonyl (C=O) groups is 1. The van der Waals surface area contributed by atoms with Gasteiger partial charge in [0.1, 0.15) is 0 Å². The maximum atomic E-state index is 12.0. The van der Waals surface area contributed by atoms with Gasteiger partial charge in [0.15, 0.2) is 5.11 Å². The maximum absolute atomic E-state index is 12.0. The summed E-state index contributed by atoms with van der Waals surface area (Å²) in [5, 5.41) is 7.29. The van der Waals surface area contributed by atoms with E-state index in [9.17, 15) is 4.79 Å². The summed E-state index contributed by atoms with van der Waals surface area (Å²) in [4.78, 5) is 16.6. The van der Waals surface area contributed by atoms with Gasteiger partial charge in [0.05, 0.1) is 23.4 Å². The van der Waals surface area contributed by atoms with Crippen molar-refractivity contribution in [2.45, 2.75) is 45.1 Å². The second-order valence-electron chi connectivity index (χ2n) is 6.83. The van der Waals surface area contributed by atoms with E-state index in [4.69, 9.17) is 17.0 Å². The Balaban J connectivity index is 1.77. The number of pyridine rings is 1. The smallest absolute Gasteiger partial charge is 0.338 e. The second kappa shape index (κ2) is 8.48. The van der Waals surface area contributed by atoms with Crippen molar-refractivity contribution in [1.82, 2.24) is 10.3 Å². The van der Waals surface area contributed by atoms with Crippen LogP contribution in [0.4, 0.5) is 5.69 Å². The van der Waals surface area contributed by atoms with Crippen LogP contribution in [0, 0.1) is 6.92 Å². The third-order valence-electron chi connectivity index (χ3n) is 4.96. The topological polar surface area (TPSA) is 63.2 Å². The van der Waals surface area contributed by atoms with Crippen molar-refractivity contribution in [2.24, 2.45) is 0 Å². The van der Waals surface area contributed by atoms with Crippen molar-refractivity contribution < 1.29 is 9.53 Å². The van der Waals surface area contributed by atoms with Crippen molar-refractivity contribution >= 4 is 29.0 Å². The molecule has 142 valence electrons. The molecule has 1 aliphatic rings. The largest absolute Gasteiger partial charge is 0.462 e. The van der Waals surface area contributed by atoms with Crippen LogP contribution >= 0.6 is 12.2 Å². The minimum Gasteiger partial charge on any atom is -0.462 e. The van der Waals surface area contributed by atoms with E-state index in [1.165, 1.54) is 0 Å². The van der Waals surface area contributed by atoms with Crippen LogP contribution in [0.3, 0.4) is 0 Å². The number of hydrogen-bond acceptors (Lipinski definition) is 4. The third kappa shape index (κ3) is 4.45. The number of aryl methyl sites for hydroxylation is 1. The molecule has 0 unspecified atom stereocenters. The van der Waals surface area contributed by atoms with Crippen molar-refractivity contribution in [1.29, 1.82) is 0 Å². The fourth-order valence-corrected chi connectivity index (χ4v) is 3.84. The molecule has 1 fully saturated rings. The first-order chi connectivity index (χ1) is 13.0. The molecule has 1 aliphatic carbocycles. The second-order valence-corrected chi connectivity index (χ2v) is 7.24. The van der Waals surface area contributed by atoms with Crippen molar-refractivity contribution in [2.75, 3.05) is 11.9 Å². The van der Waals surface area contributed by atoms with Crippen molar-refractivity contribution in [3.8, 4) is 0 Å². The Morgan fingerprint density at radius 3 is 2.70 bits per heavy atom. The molecule has 0 radical (unpaired) electrons. The molecule has 27 heavy (non-hydrogen) atoms. The number of nitrogens with one attached hydrogen (secondary N) is 2. The Morgan fingerprint density at radius 2 is 2.04 bits per heavy atom. The summed E-state index contributed by atoms with van der Waals surface area (Å²) < 4.78 is 5.09. The summed E-state index contributed by atoms with van der Waals surface area (Å²) in [5.74, 6) is -0.333. The van der Waals surface area contributed by atoms with Gasteiger partial charge >= 0.3 is 5.97 Å². The lowest BCUT2D eigenvalue weighted by molar-refractivity contribution is 0.0526. The van der Waals surface area contributed by atoms with E-state index < -0.39 is 0 Å². The summed E-state index contributed by atoms with van der Waals surface area (Å²) in [5.41, 5.74) is 3.09. The molecule has 1 aromatic heterocycles. The molecule has 1 saturated carbocycles. The van der Waals surface area contributed by atoms with Gasteiger partial charge in [0, 0.05) is 11.9 Å². The molecule has 0 atom stereocenters. The Labute approximate surface area is 165 Å². The number of nitrogens with zero attached hydrogens (tertiary/aromatic N) is 1. The number of carbonyl (C=O) groups excluding carboxylic acids is 1. The molecule has 0 spiro atoms. The summed E-state index contributed by atoms with van der Waals surface area (Å²) in [6.07, 6.45) is 6.09. The molecule has 0 bridgehead atoms. The lowest BCUT2D eigenvalue weighted by Gasteiger charge is -2.31. The van der Waals surface area contributed by atoms with Gasteiger partial charge in [0.2, 0.25) is 0 Å². The molecule has 0 saturated heterocycles. The summed E-state index contributed by atoms with van der Waals surface area (Å²) >= 11 is 5.60. The number of thiocarbonyl (C=S) groups is 1. The average molecular weight is 384 g/mol. The number of hydrogen-bond donors (Lipinski definition) is 2. The normalized spacial score (nSPS) is 15.2. The van der Waals surface area contributed by atoms with Gasteiger partial charge < -0.3 is 15.4 Å². The quantitative estimate of drug-likeness (QED) is 0.592. The average Bonchev–Trinajstić information content (AvgIpc) is 3.14. The number of ether oxygens (including phenoxy) is 1. The van der Waals surface area contributed by atoms with Crippen molar-refractivity contribution in [3.05, 3.63) is 59.4 Å².